The third-order valence-corrected chi connectivity index (χ3v) is 6.68. The summed E-state index contributed by atoms with van der Waals surface area (Å²) in [6.45, 7) is 1.61. The zero-order valence-electron chi connectivity index (χ0n) is 16.2. The van der Waals surface area contributed by atoms with E-state index in [1.54, 1.807) is 37.3 Å². The fourth-order valence-electron chi connectivity index (χ4n) is 3.38. The number of alkyl halides is 3. The summed E-state index contributed by atoms with van der Waals surface area (Å²) in [6, 6.07) is 11.9. The number of anilines is 1. The van der Waals surface area contributed by atoms with E-state index < -0.39 is 27.5 Å². The smallest absolute Gasteiger partial charge is 0.344 e. The van der Waals surface area contributed by atoms with Crippen LogP contribution in [0.25, 0.3) is 22.0 Å². The second-order valence-electron chi connectivity index (χ2n) is 6.98. The van der Waals surface area contributed by atoms with Gasteiger partial charge in [0.15, 0.2) is 5.03 Å². The Morgan fingerprint density at radius 1 is 1.00 bits per heavy atom. The number of hydrogen-bond acceptors (Lipinski definition) is 3. The van der Waals surface area contributed by atoms with Gasteiger partial charge in [-0.2, -0.15) is 21.6 Å². The second kappa shape index (κ2) is 7.66. The van der Waals surface area contributed by atoms with Gasteiger partial charge in [-0.15, -0.1) is 9.24 Å². The summed E-state index contributed by atoms with van der Waals surface area (Å²) in [4.78, 5) is 6.65. The van der Waals surface area contributed by atoms with Crippen molar-refractivity contribution in [1.29, 1.82) is 0 Å². The molecule has 1 unspecified atom stereocenters. The van der Waals surface area contributed by atoms with Crippen LogP contribution in [0.3, 0.4) is 0 Å². The number of pyridine rings is 1. The van der Waals surface area contributed by atoms with Crippen molar-refractivity contribution in [2.75, 3.05) is 4.72 Å². The van der Waals surface area contributed by atoms with Gasteiger partial charge in [-0.3, -0.25) is 9.71 Å². The highest BCUT2D eigenvalue weighted by Gasteiger charge is 2.35. The Morgan fingerprint density at radius 2 is 1.71 bits per heavy atom. The quantitative estimate of drug-likeness (QED) is 0.425. The van der Waals surface area contributed by atoms with E-state index in [2.05, 4.69) is 23.9 Å². The molecule has 0 amide bonds. The van der Waals surface area contributed by atoms with Gasteiger partial charge >= 0.3 is 6.18 Å². The summed E-state index contributed by atoms with van der Waals surface area (Å²) in [6.07, 6.45) is -1.82. The van der Waals surface area contributed by atoms with Crippen molar-refractivity contribution in [2.45, 2.75) is 18.1 Å². The lowest BCUT2D eigenvalue weighted by molar-refractivity contribution is -0.136. The number of nitrogens with one attached hydrogen (secondary N) is 2. The van der Waals surface area contributed by atoms with E-state index in [1.807, 2.05) is 0 Å². The van der Waals surface area contributed by atoms with Gasteiger partial charge in [0.2, 0.25) is 0 Å². The van der Waals surface area contributed by atoms with Crippen LogP contribution in [0.1, 0.15) is 11.1 Å². The fourth-order valence-corrected chi connectivity index (χ4v) is 4.97. The van der Waals surface area contributed by atoms with E-state index in [-0.39, 0.29) is 5.03 Å². The highest BCUT2D eigenvalue weighted by molar-refractivity contribution is 7.92. The molecule has 0 saturated heterocycles. The number of sulfonamides is 1. The molecule has 4 aromatic rings. The molecule has 2 N–H and O–H groups in total. The van der Waals surface area contributed by atoms with Crippen LogP contribution in [0, 0.1) is 6.92 Å². The zero-order valence-corrected chi connectivity index (χ0v) is 18.1. The Bertz CT molecular complexity index is 1380. The van der Waals surface area contributed by atoms with Crippen molar-refractivity contribution in [3.05, 3.63) is 72.1 Å². The number of rotatable bonds is 4. The predicted octanol–water partition coefficient (Wildman–Crippen LogP) is 4.86. The molecular weight excluding hydrogens is 446 g/mol. The molecule has 1 atom stereocenters. The molecule has 0 saturated carbocycles. The average Bonchev–Trinajstić information content (AvgIpc) is 3.05. The maximum absolute atomic E-state index is 13.8. The Labute approximate surface area is 179 Å². The molecule has 0 spiro atoms. The lowest BCUT2D eigenvalue weighted by Crippen LogP contribution is -2.18. The molecule has 4 rings (SSSR count). The summed E-state index contributed by atoms with van der Waals surface area (Å²) in [5, 5.41) is 1.36. The third kappa shape index (κ3) is 4.16. The molecule has 0 bridgehead atoms. The maximum Gasteiger partial charge on any atom is 0.418 e. The van der Waals surface area contributed by atoms with Gasteiger partial charge in [0.25, 0.3) is 10.0 Å². The van der Waals surface area contributed by atoms with Crippen molar-refractivity contribution >= 4 is 41.2 Å². The molecule has 0 fully saturated rings. The number of fused-ring (bicyclic) bond motifs is 1. The van der Waals surface area contributed by atoms with Gasteiger partial charge in [-0.1, -0.05) is 12.1 Å². The SMILES string of the molecule is Cc1c(S(=O)(=O)Nc2ccc(-c3ccncc3)cc2C(F)(F)F)[nH]c2ccc(P)cc12. The monoisotopic (exact) mass is 463 g/mol. The van der Waals surface area contributed by atoms with Crippen molar-refractivity contribution in [3.63, 3.8) is 0 Å². The van der Waals surface area contributed by atoms with E-state index in [4.69, 9.17) is 0 Å². The molecule has 5 nitrogen and oxygen atoms in total. The van der Waals surface area contributed by atoms with E-state index in [0.29, 0.717) is 27.6 Å². The van der Waals surface area contributed by atoms with Crippen LogP contribution >= 0.6 is 9.24 Å². The summed E-state index contributed by atoms with van der Waals surface area (Å²) in [5.41, 5.74) is 0.213. The van der Waals surface area contributed by atoms with Crippen LogP contribution in [0.5, 0.6) is 0 Å². The van der Waals surface area contributed by atoms with Crippen LogP contribution < -0.4 is 10.0 Å². The lowest BCUT2D eigenvalue weighted by Gasteiger charge is -2.16. The van der Waals surface area contributed by atoms with Gasteiger partial charge in [0.1, 0.15) is 0 Å². The van der Waals surface area contributed by atoms with Gasteiger partial charge in [0, 0.05) is 23.3 Å². The van der Waals surface area contributed by atoms with E-state index in [0.717, 1.165) is 17.4 Å². The molecule has 2 aromatic carbocycles. The molecule has 0 radical (unpaired) electrons. The largest absolute Gasteiger partial charge is 0.418 e. The Kier molecular flexibility index (Phi) is 5.27. The minimum absolute atomic E-state index is 0.176. The van der Waals surface area contributed by atoms with Crippen LogP contribution in [0.2, 0.25) is 0 Å². The van der Waals surface area contributed by atoms with Gasteiger partial charge in [-0.25, -0.2) is 0 Å². The predicted molar refractivity (Wildman–Crippen MR) is 118 cm³/mol. The number of nitrogens with zero attached hydrogens (tertiary/aromatic N) is 1. The average molecular weight is 463 g/mol. The highest BCUT2D eigenvalue weighted by Crippen LogP contribution is 2.38. The van der Waals surface area contributed by atoms with E-state index in [9.17, 15) is 21.6 Å². The van der Waals surface area contributed by atoms with Gasteiger partial charge in [0.05, 0.1) is 11.3 Å². The standard InChI is InChI=1S/C21H17F3N3O2PS/c1-12-16-11-15(30)3-5-18(16)26-20(12)31(28,29)27-19-4-2-14(10-17(19)21(22,23)24)13-6-8-25-9-7-13/h2-11,26-27H,30H2,1H3. The number of H-pyrrole nitrogens is 1. The molecule has 0 aliphatic carbocycles. The Morgan fingerprint density at radius 3 is 2.39 bits per heavy atom. The minimum atomic E-state index is -4.76. The highest BCUT2D eigenvalue weighted by atomic mass is 32.2. The van der Waals surface area contributed by atoms with Crippen LogP contribution in [0.4, 0.5) is 18.9 Å². The van der Waals surface area contributed by atoms with Crippen molar-refractivity contribution in [2.24, 2.45) is 0 Å². The van der Waals surface area contributed by atoms with Crippen LogP contribution in [-0.2, 0) is 16.2 Å². The summed E-state index contributed by atoms with van der Waals surface area (Å²) in [5.74, 6) is 0. The Hall–Kier alpha value is -2.90. The maximum atomic E-state index is 13.8. The molecule has 0 aliphatic heterocycles. The number of aromatic nitrogens is 2. The second-order valence-corrected chi connectivity index (χ2v) is 9.27. The van der Waals surface area contributed by atoms with Gasteiger partial charge in [-0.05, 0) is 65.3 Å². The molecule has 2 aromatic heterocycles. The number of aryl methyl sites for hydroxylation is 1. The van der Waals surface area contributed by atoms with Crippen molar-refractivity contribution in [1.82, 2.24) is 9.97 Å². The van der Waals surface area contributed by atoms with Gasteiger partial charge < -0.3 is 4.98 Å². The number of hydrogen-bond donors (Lipinski definition) is 2. The number of halogens is 3. The first kappa shape index (κ1) is 21.3. The summed E-state index contributed by atoms with van der Waals surface area (Å²) in [7, 11) is -1.78. The number of aromatic amines is 1. The molecular formula is C21H17F3N3O2PS. The topological polar surface area (TPSA) is 74.8 Å². The van der Waals surface area contributed by atoms with E-state index in [1.165, 1.54) is 18.5 Å². The molecule has 2 heterocycles. The Balaban J connectivity index is 1.79. The molecule has 10 heteroatoms. The first-order valence-electron chi connectivity index (χ1n) is 9.08. The molecule has 160 valence electrons. The van der Waals surface area contributed by atoms with Crippen LogP contribution in [0.15, 0.2) is 66.0 Å². The fraction of sp³-hybridized carbons (Fsp3) is 0.0952. The zero-order chi connectivity index (χ0) is 22.4. The lowest BCUT2D eigenvalue weighted by atomic mass is 10.0. The molecule has 0 aliphatic rings. The third-order valence-electron chi connectivity index (χ3n) is 4.89. The minimum Gasteiger partial charge on any atom is -0.344 e. The van der Waals surface area contributed by atoms with E-state index >= 15 is 0 Å². The normalized spacial score (nSPS) is 12.3. The first-order valence-corrected chi connectivity index (χ1v) is 11.1. The number of benzene rings is 2. The summed E-state index contributed by atoms with van der Waals surface area (Å²) < 4.78 is 69.4. The van der Waals surface area contributed by atoms with Crippen molar-refractivity contribution < 1.29 is 21.6 Å². The summed E-state index contributed by atoms with van der Waals surface area (Å²) >= 11 is 0. The molecule has 31 heavy (non-hydrogen) atoms. The van der Waals surface area contributed by atoms with Crippen molar-refractivity contribution in [3.8, 4) is 11.1 Å². The van der Waals surface area contributed by atoms with Crippen LogP contribution in [-0.4, -0.2) is 18.4 Å². The first-order chi connectivity index (χ1) is 14.6.